The zero-order chi connectivity index (χ0) is 18.6. The Morgan fingerprint density at radius 3 is 2.69 bits per heavy atom. The highest BCUT2D eigenvalue weighted by Gasteiger charge is 2.23. The lowest BCUT2D eigenvalue weighted by atomic mass is 9.97. The Balaban J connectivity index is 1.50. The van der Waals surface area contributed by atoms with Crippen LogP contribution in [0, 0.1) is 11.7 Å². The van der Waals surface area contributed by atoms with Crippen LogP contribution in [0.1, 0.15) is 17.7 Å². The van der Waals surface area contributed by atoms with Crippen LogP contribution in [-0.2, 0) is 16.6 Å². The first-order chi connectivity index (χ1) is 12.5. The molecule has 0 bridgehead atoms. The topological polar surface area (TPSA) is 58.6 Å². The third-order valence-corrected chi connectivity index (χ3v) is 6.94. The standard InChI is InChI=1S/C18H23FN2O3S2/c1-24-18-5-4-16(11-17(18)19)26(22,23)20-12-14-6-8-21(9-7-14)13-15-3-2-10-25-15/h2-5,10-11,14,20H,6-9,12-13H2,1H3. The van der Waals surface area contributed by atoms with Crippen LogP contribution in [0.15, 0.2) is 40.6 Å². The molecule has 0 spiro atoms. The molecule has 1 aliphatic heterocycles. The first-order valence-electron chi connectivity index (χ1n) is 8.56. The molecule has 0 radical (unpaired) electrons. The van der Waals surface area contributed by atoms with Crippen molar-refractivity contribution in [3.05, 3.63) is 46.4 Å². The maximum Gasteiger partial charge on any atom is 0.240 e. The number of methoxy groups -OCH3 is 1. The van der Waals surface area contributed by atoms with Gasteiger partial charge in [0, 0.05) is 18.0 Å². The largest absolute Gasteiger partial charge is 0.494 e. The SMILES string of the molecule is COc1ccc(S(=O)(=O)NCC2CCN(Cc3cccs3)CC2)cc1F. The summed E-state index contributed by atoms with van der Waals surface area (Å²) in [6, 6.07) is 7.87. The number of nitrogens with zero attached hydrogens (tertiary/aromatic N) is 1. The number of halogens is 1. The molecule has 1 aromatic heterocycles. The smallest absolute Gasteiger partial charge is 0.240 e. The van der Waals surface area contributed by atoms with Crippen LogP contribution in [0.25, 0.3) is 0 Å². The van der Waals surface area contributed by atoms with Crippen molar-refractivity contribution in [3.8, 4) is 5.75 Å². The second-order valence-corrected chi connectivity index (χ2v) is 9.25. The number of hydrogen-bond donors (Lipinski definition) is 1. The molecule has 0 amide bonds. The van der Waals surface area contributed by atoms with Crippen LogP contribution in [-0.4, -0.2) is 40.1 Å². The second kappa shape index (κ2) is 8.47. The fourth-order valence-corrected chi connectivity index (χ4v) is 4.97. The van der Waals surface area contributed by atoms with Crippen LogP contribution in [0.4, 0.5) is 4.39 Å². The van der Waals surface area contributed by atoms with Crippen molar-refractivity contribution < 1.29 is 17.5 Å². The molecule has 26 heavy (non-hydrogen) atoms. The van der Waals surface area contributed by atoms with Crippen LogP contribution >= 0.6 is 11.3 Å². The van der Waals surface area contributed by atoms with Gasteiger partial charge >= 0.3 is 0 Å². The van der Waals surface area contributed by atoms with E-state index in [1.165, 1.54) is 24.1 Å². The van der Waals surface area contributed by atoms with E-state index in [0.29, 0.717) is 12.5 Å². The minimum atomic E-state index is -3.72. The van der Waals surface area contributed by atoms with Crippen molar-refractivity contribution in [1.82, 2.24) is 9.62 Å². The Hall–Kier alpha value is -1.48. The normalized spacial score (nSPS) is 16.7. The maximum absolute atomic E-state index is 13.8. The van der Waals surface area contributed by atoms with Crippen molar-refractivity contribution in [2.45, 2.75) is 24.3 Å². The molecular weight excluding hydrogens is 375 g/mol. The number of rotatable bonds is 7. The van der Waals surface area contributed by atoms with E-state index >= 15 is 0 Å². The Morgan fingerprint density at radius 2 is 2.08 bits per heavy atom. The molecular formula is C18H23FN2O3S2. The molecule has 0 atom stereocenters. The number of piperidine rings is 1. The summed E-state index contributed by atoms with van der Waals surface area (Å²) in [5.41, 5.74) is 0. The highest BCUT2D eigenvalue weighted by molar-refractivity contribution is 7.89. The van der Waals surface area contributed by atoms with E-state index in [1.807, 2.05) is 0 Å². The molecule has 5 nitrogen and oxygen atoms in total. The van der Waals surface area contributed by atoms with Crippen LogP contribution in [0.3, 0.4) is 0 Å². The van der Waals surface area contributed by atoms with Gasteiger partial charge in [-0.2, -0.15) is 0 Å². The van der Waals surface area contributed by atoms with Crippen molar-refractivity contribution in [3.63, 3.8) is 0 Å². The summed E-state index contributed by atoms with van der Waals surface area (Å²) in [5, 5.41) is 2.08. The third-order valence-electron chi connectivity index (χ3n) is 4.66. The van der Waals surface area contributed by atoms with Gasteiger partial charge in [0.2, 0.25) is 10.0 Å². The summed E-state index contributed by atoms with van der Waals surface area (Å²) in [5.74, 6) is -0.355. The highest BCUT2D eigenvalue weighted by atomic mass is 32.2. The van der Waals surface area contributed by atoms with Crippen molar-refractivity contribution in [1.29, 1.82) is 0 Å². The van der Waals surface area contributed by atoms with E-state index in [0.717, 1.165) is 38.5 Å². The van der Waals surface area contributed by atoms with E-state index in [9.17, 15) is 12.8 Å². The van der Waals surface area contributed by atoms with Gasteiger partial charge in [0.1, 0.15) is 0 Å². The molecule has 1 saturated heterocycles. The zero-order valence-electron chi connectivity index (χ0n) is 14.7. The van der Waals surface area contributed by atoms with Gasteiger partial charge in [0.05, 0.1) is 12.0 Å². The summed E-state index contributed by atoms with van der Waals surface area (Å²) >= 11 is 1.76. The lowest BCUT2D eigenvalue weighted by Crippen LogP contribution is -2.38. The average molecular weight is 399 g/mol. The quantitative estimate of drug-likeness (QED) is 0.779. The number of thiophene rings is 1. The number of likely N-dealkylation sites (tertiary alicyclic amines) is 1. The van der Waals surface area contributed by atoms with Crippen molar-refractivity contribution in [2.75, 3.05) is 26.7 Å². The molecule has 1 N–H and O–H groups in total. The molecule has 3 rings (SSSR count). The summed E-state index contributed by atoms with van der Waals surface area (Å²) in [7, 11) is -2.38. The predicted octanol–water partition coefficient (Wildman–Crippen LogP) is 3.09. The summed E-state index contributed by atoms with van der Waals surface area (Å²) in [6.07, 6.45) is 1.90. The second-order valence-electron chi connectivity index (χ2n) is 6.45. The molecule has 0 unspecified atom stereocenters. The molecule has 8 heteroatoms. The van der Waals surface area contributed by atoms with Gasteiger partial charge in [-0.05, 0) is 61.5 Å². The Kier molecular flexibility index (Phi) is 6.29. The number of benzene rings is 1. The number of hydrogen-bond acceptors (Lipinski definition) is 5. The van der Waals surface area contributed by atoms with Gasteiger partial charge in [0.25, 0.3) is 0 Å². The predicted molar refractivity (Wildman–Crippen MR) is 100 cm³/mol. The van der Waals surface area contributed by atoms with Crippen LogP contribution < -0.4 is 9.46 Å². The number of ether oxygens (including phenoxy) is 1. The molecule has 1 fully saturated rings. The maximum atomic E-state index is 13.8. The fraction of sp³-hybridized carbons (Fsp3) is 0.444. The molecule has 2 aromatic rings. The molecule has 0 aliphatic carbocycles. The molecule has 2 heterocycles. The Morgan fingerprint density at radius 1 is 1.31 bits per heavy atom. The van der Waals surface area contributed by atoms with Gasteiger partial charge in [-0.1, -0.05) is 6.07 Å². The number of sulfonamides is 1. The van der Waals surface area contributed by atoms with Gasteiger partial charge in [0.15, 0.2) is 11.6 Å². The van der Waals surface area contributed by atoms with Crippen molar-refractivity contribution in [2.24, 2.45) is 5.92 Å². The van der Waals surface area contributed by atoms with Gasteiger partial charge in [-0.3, -0.25) is 4.90 Å². The molecule has 142 valence electrons. The number of nitrogens with one attached hydrogen (secondary N) is 1. The van der Waals surface area contributed by atoms with Gasteiger partial charge in [-0.15, -0.1) is 11.3 Å². The molecule has 0 saturated carbocycles. The lowest BCUT2D eigenvalue weighted by molar-refractivity contribution is 0.180. The Bertz CT molecular complexity index is 817. The lowest BCUT2D eigenvalue weighted by Gasteiger charge is -2.31. The summed E-state index contributed by atoms with van der Waals surface area (Å²) in [4.78, 5) is 3.67. The molecule has 1 aliphatic rings. The van der Waals surface area contributed by atoms with Crippen LogP contribution in [0.2, 0.25) is 0 Å². The van der Waals surface area contributed by atoms with Gasteiger partial charge < -0.3 is 4.74 Å². The zero-order valence-corrected chi connectivity index (χ0v) is 16.3. The molecule has 1 aromatic carbocycles. The minimum absolute atomic E-state index is 0.0297. The van der Waals surface area contributed by atoms with Gasteiger partial charge in [-0.25, -0.2) is 17.5 Å². The monoisotopic (exact) mass is 398 g/mol. The van der Waals surface area contributed by atoms with E-state index < -0.39 is 15.8 Å². The first kappa shape index (κ1) is 19.3. The van der Waals surface area contributed by atoms with E-state index in [-0.39, 0.29) is 10.6 Å². The summed E-state index contributed by atoms with van der Waals surface area (Å²) in [6.45, 7) is 3.26. The third kappa shape index (κ3) is 4.82. The minimum Gasteiger partial charge on any atom is -0.494 e. The van der Waals surface area contributed by atoms with E-state index in [2.05, 4.69) is 27.1 Å². The first-order valence-corrected chi connectivity index (χ1v) is 10.9. The van der Waals surface area contributed by atoms with E-state index in [4.69, 9.17) is 4.74 Å². The van der Waals surface area contributed by atoms with Crippen molar-refractivity contribution >= 4 is 21.4 Å². The van der Waals surface area contributed by atoms with Crippen LogP contribution in [0.5, 0.6) is 5.75 Å². The summed E-state index contributed by atoms with van der Waals surface area (Å²) < 4.78 is 45.9. The fourth-order valence-electron chi connectivity index (χ4n) is 3.10. The Labute approximate surface area is 157 Å². The van der Waals surface area contributed by atoms with E-state index in [1.54, 1.807) is 11.3 Å². The average Bonchev–Trinajstić information content (AvgIpc) is 3.14. The highest BCUT2D eigenvalue weighted by Crippen LogP contribution is 2.22.